The SMILES string of the molecule is C#CCOC(=O)CCC(C)(C#N)N=NC(C)(C#N)CCC(=O)OCC#C. The Balaban J connectivity index is 4.85. The number of rotatable bonds is 10. The standard InChI is InChI=1S/C18H20N4O4/c1-5-11-25-15(23)7-9-17(3,13-19)21-22-18(4,14-20)10-8-16(24)26-12-6-2/h1-2H,7-12H2,3-4H3. The molecular weight excluding hydrogens is 336 g/mol. The molecule has 136 valence electrons. The van der Waals surface area contributed by atoms with Crippen molar-refractivity contribution in [3.63, 3.8) is 0 Å². The van der Waals surface area contributed by atoms with Gasteiger partial charge in [0, 0.05) is 12.8 Å². The number of carbonyl (C=O) groups is 2. The first-order valence-electron chi connectivity index (χ1n) is 7.69. The van der Waals surface area contributed by atoms with E-state index in [1.807, 2.05) is 12.1 Å². The van der Waals surface area contributed by atoms with Crippen LogP contribution in [-0.4, -0.2) is 36.2 Å². The van der Waals surface area contributed by atoms with Crippen LogP contribution in [0.25, 0.3) is 0 Å². The number of azo groups is 1. The summed E-state index contributed by atoms with van der Waals surface area (Å²) in [5.74, 6) is 3.21. The highest BCUT2D eigenvalue weighted by Gasteiger charge is 2.29. The van der Waals surface area contributed by atoms with Crippen LogP contribution in [0.15, 0.2) is 10.2 Å². The van der Waals surface area contributed by atoms with Crippen molar-refractivity contribution in [2.24, 2.45) is 10.2 Å². The molecule has 2 unspecified atom stereocenters. The topological polar surface area (TPSA) is 125 Å². The minimum atomic E-state index is -1.32. The van der Waals surface area contributed by atoms with Gasteiger partial charge in [0.2, 0.25) is 0 Å². The summed E-state index contributed by atoms with van der Waals surface area (Å²) in [6.45, 7) is 2.66. The monoisotopic (exact) mass is 356 g/mol. The van der Waals surface area contributed by atoms with E-state index in [1.165, 1.54) is 13.8 Å². The van der Waals surface area contributed by atoms with Crippen LogP contribution in [0, 0.1) is 47.3 Å². The fourth-order valence-corrected chi connectivity index (χ4v) is 1.56. The first-order chi connectivity index (χ1) is 12.2. The summed E-state index contributed by atoms with van der Waals surface area (Å²) < 4.78 is 9.44. The van der Waals surface area contributed by atoms with E-state index in [2.05, 4.69) is 22.1 Å². The molecular formula is C18H20N4O4. The van der Waals surface area contributed by atoms with Crippen LogP contribution in [0.5, 0.6) is 0 Å². The van der Waals surface area contributed by atoms with Gasteiger partial charge in [-0.2, -0.15) is 20.8 Å². The highest BCUT2D eigenvalue weighted by atomic mass is 16.5. The molecule has 8 nitrogen and oxygen atoms in total. The fraction of sp³-hybridized carbons (Fsp3) is 0.556. The molecule has 0 fully saturated rings. The normalized spacial score (nSPS) is 14.5. The lowest BCUT2D eigenvalue weighted by atomic mass is 9.97. The summed E-state index contributed by atoms with van der Waals surface area (Å²) in [5, 5.41) is 26.4. The van der Waals surface area contributed by atoms with Crippen LogP contribution in [0.4, 0.5) is 0 Å². The highest BCUT2D eigenvalue weighted by molar-refractivity contribution is 5.70. The van der Waals surface area contributed by atoms with Gasteiger partial charge in [0.25, 0.3) is 0 Å². The Bertz CT molecular complexity index is 645. The van der Waals surface area contributed by atoms with Crippen LogP contribution in [0.1, 0.15) is 39.5 Å². The molecule has 0 radical (unpaired) electrons. The number of carbonyl (C=O) groups excluding carboxylic acids is 2. The van der Waals surface area contributed by atoms with E-state index >= 15 is 0 Å². The van der Waals surface area contributed by atoms with Crippen molar-refractivity contribution >= 4 is 11.9 Å². The van der Waals surface area contributed by atoms with E-state index < -0.39 is 23.0 Å². The maximum Gasteiger partial charge on any atom is 0.306 e. The molecule has 0 saturated heterocycles. The Morgan fingerprint density at radius 3 is 1.50 bits per heavy atom. The third-order valence-electron chi connectivity index (χ3n) is 3.24. The van der Waals surface area contributed by atoms with E-state index in [0.717, 1.165) is 0 Å². The molecule has 0 aromatic rings. The molecule has 0 bridgehead atoms. The molecule has 0 N–H and O–H groups in total. The molecule has 8 heteroatoms. The lowest BCUT2D eigenvalue weighted by Gasteiger charge is -2.19. The molecule has 0 amide bonds. The summed E-state index contributed by atoms with van der Waals surface area (Å²) in [7, 11) is 0. The zero-order valence-corrected chi connectivity index (χ0v) is 14.8. The Morgan fingerprint density at radius 2 is 1.23 bits per heavy atom. The van der Waals surface area contributed by atoms with Gasteiger partial charge in [-0.1, -0.05) is 11.8 Å². The number of hydrogen-bond acceptors (Lipinski definition) is 8. The van der Waals surface area contributed by atoms with Gasteiger partial charge in [-0.15, -0.1) is 12.8 Å². The highest BCUT2D eigenvalue weighted by Crippen LogP contribution is 2.23. The first-order valence-corrected chi connectivity index (χ1v) is 7.69. The van der Waals surface area contributed by atoms with E-state index in [9.17, 15) is 20.1 Å². The van der Waals surface area contributed by atoms with Gasteiger partial charge < -0.3 is 9.47 Å². The molecule has 0 saturated carbocycles. The lowest BCUT2D eigenvalue weighted by Crippen LogP contribution is -2.25. The Morgan fingerprint density at radius 1 is 0.885 bits per heavy atom. The van der Waals surface area contributed by atoms with Gasteiger partial charge in [-0.3, -0.25) is 9.59 Å². The van der Waals surface area contributed by atoms with Gasteiger partial charge in [-0.05, 0) is 26.7 Å². The maximum atomic E-state index is 11.5. The van der Waals surface area contributed by atoms with Gasteiger partial charge in [0.1, 0.15) is 0 Å². The fourth-order valence-electron chi connectivity index (χ4n) is 1.56. The Kier molecular flexibility index (Phi) is 9.79. The summed E-state index contributed by atoms with van der Waals surface area (Å²) in [6, 6.07) is 3.90. The third-order valence-corrected chi connectivity index (χ3v) is 3.24. The molecule has 2 atom stereocenters. The number of nitrogens with zero attached hydrogens (tertiary/aromatic N) is 4. The van der Waals surface area contributed by atoms with Gasteiger partial charge in [0.15, 0.2) is 24.3 Å². The first kappa shape index (κ1) is 22.6. The summed E-state index contributed by atoms with van der Waals surface area (Å²) >= 11 is 0. The summed E-state index contributed by atoms with van der Waals surface area (Å²) in [5.41, 5.74) is -2.64. The second-order valence-electron chi connectivity index (χ2n) is 5.70. The predicted octanol–water partition coefficient (Wildman–Crippen LogP) is 1.92. The van der Waals surface area contributed by atoms with Crippen molar-refractivity contribution < 1.29 is 19.1 Å². The van der Waals surface area contributed by atoms with Crippen molar-refractivity contribution in [1.82, 2.24) is 0 Å². The van der Waals surface area contributed by atoms with Crippen LogP contribution >= 0.6 is 0 Å². The second kappa shape index (κ2) is 11.2. The van der Waals surface area contributed by atoms with E-state index in [1.54, 1.807) is 0 Å². The number of esters is 2. The summed E-state index contributed by atoms with van der Waals surface area (Å²) in [6.07, 6.45) is 9.91. The van der Waals surface area contributed by atoms with E-state index in [-0.39, 0.29) is 38.9 Å². The van der Waals surface area contributed by atoms with Crippen molar-refractivity contribution in [2.75, 3.05) is 13.2 Å². The number of terminal acetylenes is 2. The maximum absolute atomic E-state index is 11.5. The van der Waals surface area contributed by atoms with E-state index in [0.29, 0.717) is 0 Å². The van der Waals surface area contributed by atoms with Crippen LogP contribution in [-0.2, 0) is 19.1 Å². The molecule has 0 spiro atoms. The van der Waals surface area contributed by atoms with Crippen LogP contribution < -0.4 is 0 Å². The molecule has 0 heterocycles. The van der Waals surface area contributed by atoms with Gasteiger partial charge in [-0.25, -0.2) is 0 Å². The smallest absolute Gasteiger partial charge is 0.306 e. The minimum absolute atomic E-state index is 0.0438. The predicted molar refractivity (Wildman–Crippen MR) is 90.9 cm³/mol. The average Bonchev–Trinajstić information content (AvgIpc) is 2.65. The molecule has 0 aliphatic heterocycles. The Labute approximate surface area is 153 Å². The second-order valence-corrected chi connectivity index (χ2v) is 5.70. The minimum Gasteiger partial charge on any atom is -0.452 e. The molecule has 0 aliphatic rings. The molecule has 0 aromatic heterocycles. The molecule has 0 aromatic carbocycles. The number of hydrogen-bond donors (Lipinski definition) is 0. The average molecular weight is 356 g/mol. The van der Waals surface area contributed by atoms with Gasteiger partial charge >= 0.3 is 11.9 Å². The molecule has 26 heavy (non-hydrogen) atoms. The van der Waals surface area contributed by atoms with Crippen LogP contribution in [0.3, 0.4) is 0 Å². The van der Waals surface area contributed by atoms with Crippen molar-refractivity contribution in [1.29, 1.82) is 10.5 Å². The van der Waals surface area contributed by atoms with Crippen molar-refractivity contribution in [3.05, 3.63) is 0 Å². The van der Waals surface area contributed by atoms with E-state index in [4.69, 9.17) is 22.3 Å². The molecule has 0 aliphatic carbocycles. The molecule has 0 rings (SSSR count). The summed E-state index contributed by atoms with van der Waals surface area (Å²) in [4.78, 5) is 22.9. The zero-order chi connectivity index (χ0) is 20.1. The van der Waals surface area contributed by atoms with Gasteiger partial charge in [0.05, 0.1) is 12.1 Å². The number of nitriles is 2. The largest absolute Gasteiger partial charge is 0.452 e. The quantitative estimate of drug-likeness (QED) is 0.334. The van der Waals surface area contributed by atoms with Crippen molar-refractivity contribution in [3.8, 4) is 36.8 Å². The van der Waals surface area contributed by atoms with Crippen molar-refractivity contribution in [2.45, 2.75) is 50.6 Å². The zero-order valence-electron chi connectivity index (χ0n) is 14.8. The lowest BCUT2D eigenvalue weighted by molar-refractivity contribution is -0.143. The third kappa shape index (κ3) is 9.06. The van der Waals surface area contributed by atoms with Crippen LogP contribution in [0.2, 0.25) is 0 Å². The number of ether oxygens (including phenoxy) is 2. The Hall–Kier alpha value is -3.36.